The van der Waals surface area contributed by atoms with Gasteiger partial charge in [0.2, 0.25) is 11.8 Å². The number of carbonyl (C=O) groups excluding carboxylic acids is 2. The second-order valence-corrected chi connectivity index (χ2v) is 6.58. The summed E-state index contributed by atoms with van der Waals surface area (Å²) in [5, 5.41) is 4.66. The molecule has 25 heavy (non-hydrogen) atoms. The number of hydrogen-bond acceptors (Lipinski definition) is 3. The Balaban J connectivity index is 1.70. The van der Waals surface area contributed by atoms with Crippen LogP contribution in [0.2, 0.25) is 0 Å². The molecule has 0 saturated carbocycles. The first-order chi connectivity index (χ1) is 11.7. The number of alkyl halides is 3. The highest BCUT2D eigenvalue weighted by Crippen LogP contribution is 2.37. The van der Waals surface area contributed by atoms with E-state index in [1.54, 1.807) is 6.92 Å². The van der Waals surface area contributed by atoms with Gasteiger partial charge in [-0.2, -0.15) is 13.2 Å². The third kappa shape index (κ3) is 3.43. The van der Waals surface area contributed by atoms with E-state index in [2.05, 4.69) is 5.32 Å². The minimum atomic E-state index is -4.50. The zero-order valence-electron chi connectivity index (χ0n) is 13.8. The van der Waals surface area contributed by atoms with Crippen molar-refractivity contribution in [1.82, 2.24) is 10.6 Å². The molecule has 4 atom stereocenters. The summed E-state index contributed by atoms with van der Waals surface area (Å²) in [6.45, 7) is 3.70. The van der Waals surface area contributed by atoms with Gasteiger partial charge < -0.3 is 15.4 Å². The third-order valence-electron chi connectivity index (χ3n) is 4.67. The fraction of sp³-hybridized carbons (Fsp3) is 0.529. The number of benzene rings is 1. The Morgan fingerprint density at radius 2 is 2.04 bits per heavy atom. The highest BCUT2D eigenvalue weighted by Gasteiger charge is 2.46. The Bertz CT molecular complexity index is 705. The van der Waals surface area contributed by atoms with E-state index in [1.807, 2.05) is 30.4 Å². The Hall–Kier alpha value is -2.25. The summed E-state index contributed by atoms with van der Waals surface area (Å²) >= 11 is 0. The molecule has 136 valence electrons. The Morgan fingerprint density at radius 3 is 2.68 bits per heavy atom. The molecule has 3 rings (SSSR count). The van der Waals surface area contributed by atoms with Crippen molar-refractivity contribution in [2.75, 3.05) is 0 Å². The average molecular weight is 356 g/mol. The lowest BCUT2D eigenvalue weighted by atomic mass is 9.92. The number of hydrogen-bond donors (Lipinski definition) is 2. The number of piperidine rings is 1. The quantitative estimate of drug-likeness (QED) is 0.800. The van der Waals surface area contributed by atoms with Crippen molar-refractivity contribution >= 4 is 11.8 Å². The summed E-state index contributed by atoms with van der Waals surface area (Å²) in [7, 11) is 0. The topological polar surface area (TPSA) is 67.4 Å². The number of halogens is 3. The number of ether oxygens (including phenoxy) is 1. The predicted octanol–water partition coefficient (Wildman–Crippen LogP) is 2.39. The van der Waals surface area contributed by atoms with Crippen molar-refractivity contribution in [2.45, 2.75) is 51.1 Å². The zero-order valence-corrected chi connectivity index (χ0v) is 13.8. The third-order valence-corrected chi connectivity index (χ3v) is 4.67. The van der Waals surface area contributed by atoms with E-state index in [0.717, 1.165) is 11.1 Å². The number of aryl methyl sites for hydroxylation is 1. The van der Waals surface area contributed by atoms with Crippen molar-refractivity contribution in [3.63, 3.8) is 0 Å². The van der Waals surface area contributed by atoms with E-state index < -0.39 is 36.0 Å². The monoisotopic (exact) mass is 356 g/mol. The number of fused-ring (bicyclic) bond motifs is 1. The fourth-order valence-corrected chi connectivity index (χ4v) is 3.29. The smallest absolute Gasteiger partial charge is 0.408 e. The normalized spacial score (nSPS) is 28.8. The number of rotatable bonds is 2. The molecule has 2 amide bonds. The van der Waals surface area contributed by atoms with E-state index in [9.17, 15) is 22.8 Å². The van der Waals surface area contributed by atoms with Gasteiger partial charge in [0.25, 0.3) is 0 Å². The van der Waals surface area contributed by atoms with Crippen molar-refractivity contribution < 1.29 is 27.5 Å². The largest absolute Gasteiger partial charge is 0.488 e. The molecule has 4 unspecified atom stereocenters. The van der Waals surface area contributed by atoms with Gasteiger partial charge in [0.1, 0.15) is 23.8 Å². The van der Waals surface area contributed by atoms with Gasteiger partial charge in [0.05, 0.1) is 6.04 Å². The minimum absolute atomic E-state index is 0.134. The van der Waals surface area contributed by atoms with Gasteiger partial charge >= 0.3 is 6.18 Å². The summed E-state index contributed by atoms with van der Waals surface area (Å²) in [6.07, 6.45) is -5.26. The maximum absolute atomic E-state index is 12.7. The lowest BCUT2D eigenvalue weighted by Gasteiger charge is -2.30. The van der Waals surface area contributed by atoms with Gasteiger partial charge in [-0.25, -0.2) is 0 Å². The van der Waals surface area contributed by atoms with Gasteiger partial charge in [-0.15, -0.1) is 0 Å². The van der Waals surface area contributed by atoms with Crippen molar-refractivity contribution in [1.29, 1.82) is 0 Å². The van der Waals surface area contributed by atoms with Crippen LogP contribution in [0.5, 0.6) is 5.75 Å². The molecule has 5 nitrogen and oxygen atoms in total. The molecule has 0 radical (unpaired) electrons. The molecule has 0 bridgehead atoms. The lowest BCUT2D eigenvalue weighted by molar-refractivity contribution is -0.171. The molecule has 1 aromatic rings. The first kappa shape index (κ1) is 17.6. The molecule has 0 aliphatic carbocycles. The highest BCUT2D eigenvalue weighted by atomic mass is 19.4. The standard InChI is InChI=1S/C17H19F3N2O3/c1-8-3-5-12-11(7-8)14(9(2)25-12)22-16(24)10-4-6-13(17(18,19)20)21-15(10)23/h3,5,7,9-10,13-14H,4,6H2,1-2H3,(H,21,23)(H,22,24). The van der Waals surface area contributed by atoms with Crippen LogP contribution in [-0.2, 0) is 9.59 Å². The average Bonchev–Trinajstić information content (AvgIpc) is 2.82. The van der Waals surface area contributed by atoms with Gasteiger partial charge in [-0.05, 0) is 32.8 Å². The fourth-order valence-electron chi connectivity index (χ4n) is 3.29. The molecule has 1 saturated heterocycles. The predicted molar refractivity (Wildman–Crippen MR) is 82.9 cm³/mol. The van der Waals surface area contributed by atoms with E-state index in [0.29, 0.717) is 5.75 Å². The number of nitrogens with one attached hydrogen (secondary N) is 2. The number of carbonyl (C=O) groups is 2. The highest BCUT2D eigenvalue weighted by molar-refractivity contribution is 6.01. The van der Waals surface area contributed by atoms with Crippen LogP contribution in [-0.4, -0.2) is 30.1 Å². The maximum Gasteiger partial charge on any atom is 0.408 e. The molecule has 8 heteroatoms. The second-order valence-electron chi connectivity index (χ2n) is 6.58. The van der Waals surface area contributed by atoms with Gasteiger partial charge in [-0.1, -0.05) is 17.7 Å². The molecule has 2 aliphatic heterocycles. The summed E-state index contributed by atoms with van der Waals surface area (Å²) in [6, 6.07) is 3.28. The Kier molecular flexibility index (Phi) is 4.38. The molecule has 2 heterocycles. The summed E-state index contributed by atoms with van der Waals surface area (Å²) in [5.74, 6) is -1.93. The molecule has 2 N–H and O–H groups in total. The minimum Gasteiger partial charge on any atom is -0.488 e. The van der Waals surface area contributed by atoms with Crippen LogP contribution in [0.15, 0.2) is 18.2 Å². The van der Waals surface area contributed by atoms with Gasteiger partial charge in [-0.3, -0.25) is 9.59 Å². The van der Waals surface area contributed by atoms with E-state index >= 15 is 0 Å². The Morgan fingerprint density at radius 1 is 1.32 bits per heavy atom. The SMILES string of the molecule is Cc1ccc2c(c1)C(NC(=O)C1CCC(C(F)(F)F)NC1=O)C(C)O2. The van der Waals surface area contributed by atoms with Crippen LogP contribution in [0.4, 0.5) is 13.2 Å². The van der Waals surface area contributed by atoms with Gasteiger partial charge in [0.15, 0.2) is 0 Å². The van der Waals surface area contributed by atoms with Crippen molar-refractivity contribution in [3.8, 4) is 5.75 Å². The van der Waals surface area contributed by atoms with E-state index in [-0.39, 0.29) is 18.9 Å². The van der Waals surface area contributed by atoms with Crippen LogP contribution in [0, 0.1) is 12.8 Å². The molecular weight excluding hydrogens is 337 g/mol. The lowest BCUT2D eigenvalue weighted by Crippen LogP contribution is -2.55. The van der Waals surface area contributed by atoms with Crippen molar-refractivity contribution in [2.24, 2.45) is 5.92 Å². The molecule has 1 aromatic carbocycles. The first-order valence-corrected chi connectivity index (χ1v) is 8.11. The van der Waals surface area contributed by atoms with Crippen LogP contribution in [0.1, 0.15) is 36.9 Å². The maximum atomic E-state index is 12.7. The second kappa shape index (κ2) is 6.24. The van der Waals surface area contributed by atoms with Crippen LogP contribution >= 0.6 is 0 Å². The first-order valence-electron chi connectivity index (χ1n) is 8.11. The molecule has 0 spiro atoms. The van der Waals surface area contributed by atoms with E-state index in [1.165, 1.54) is 0 Å². The number of amides is 2. The molecule has 2 aliphatic rings. The Labute approximate surface area is 142 Å². The summed E-state index contributed by atoms with van der Waals surface area (Å²) in [5.41, 5.74) is 1.81. The van der Waals surface area contributed by atoms with Crippen LogP contribution in [0.25, 0.3) is 0 Å². The summed E-state index contributed by atoms with van der Waals surface area (Å²) < 4.78 is 43.8. The van der Waals surface area contributed by atoms with Crippen molar-refractivity contribution in [3.05, 3.63) is 29.3 Å². The van der Waals surface area contributed by atoms with Crippen LogP contribution in [0.3, 0.4) is 0 Å². The molecule has 1 fully saturated rings. The molecule has 0 aromatic heterocycles. The van der Waals surface area contributed by atoms with E-state index in [4.69, 9.17) is 4.74 Å². The molecular formula is C17H19F3N2O3. The summed E-state index contributed by atoms with van der Waals surface area (Å²) in [4.78, 5) is 24.4. The van der Waals surface area contributed by atoms with Crippen LogP contribution < -0.4 is 15.4 Å². The zero-order chi connectivity index (χ0) is 18.4. The van der Waals surface area contributed by atoms with Gasteiger partial charge in [0, 0.05) is 5.56 Å².